The van der Waals surface area contributed by atoms with Gasteiger partial charge in [-0.15, -0.1) is 0 Å². The van der Waals surface area contributed by atoms with E-state index in [-0.39, 0.29) is 6.42 Å². The van der Waals surface area contributed by atoms with Crippen LogP contribution in [0.2, 0.25) is 0 Å². The predicted octanol–water partition coefficient (Wildman–Crippen LogP) is 3.30. The Morgan fingerprint density at radius 2 is 1.61 bits per heavy atom. The molecule has 0 aliphatic heterocycles. The fourth-order valence-electron chi connectivity index (χ4n) is 2.49. The quantitative estimate of drug-likeness (QED) is 0.398. The molecule has 6 nitrogen and oxygen atoms in total. The lowest BCUT2D eigenvalue weighted by Gasteiger charge is -2.12. The molecule has 0 saturated carbocycles. The molecule has 0 N–H and O–H groups in total. The second-order valence-corrected chi connectivity index (χ2v) is 5.87. The van der Waals surface area contributed by atoms with Crippen molar-refractivity contribution in [1.29, 1.82) is 0 Å². The summed E-state index contributed by atoms with van der Waals surface area (Å²) in [4.78, 5) is 28.7. The van der Waals surface area contributed by atoms with Crippen molar-refractivity contribution >= 4 is 24.2 Å². The van der Waals surface area contributed by atoms with Gasteiger partial charge in [0, 0.05) is 18.2 Å². The van der Waals surface area contributed by atoms with Crippen LogP contribution in [0.1, 0.15) is 17.5 Å². The van der Waals surface area contributed by atoms with Gasteiger partial charge >= 0.3 is 11.9 Å². The van der Waals surface area contributed by atoms with Crippen LogP contribution in [0, 0.1) is 0 Å². The van der Waals surface area contributed by atoms with Crippen molar-refractivity contribution in [3.63, 3.8) is 0 Å². The lowest BCUT2D eigenvalue weighted by Crippen LogP contribution is -2.23. The van der Waals surface area contributed by atoms with Gasteiger partial charge in [0.25, 0.3) is 0 Å². The van der Waals surface area contributed by atoms with Crippen LogP contribution in [0.4, 0.5) is 0 Å². The van der Waals surface area contributed by atoms with Crippen molar-refractivity contribution in [2.75, 3.05) is 21.3 Å². The lowest BCUT2D eigenvalue weighted by molar-refractivity contribution is -0.142. The summed E-state index contributed by atoms with van der Waals surface area (Å²) in [6.07, 6.45) is 3.31. The highest BCUT2D eigenvalue weighted by Gasteiger charge is 2.23. The molecule has 0 aliphatic rings. The molecule has 0 amide bonds. The van der Waals surface area contributed by atoms with Gasteiger partial charge in [0.05, 0.1) is 21.3 Å². The summed E-state index contributed by atoms with van der Waals surface area (Å²) in [6.45, 7) is 0. The maximum absolute atomic E-state index is 12.2. The number of carbonyl (C=O) groups is 2. The van der Waals surface area contributed by atoms with Gasteiger partial charge in [-0.3, -0.25) is 4.99 Å². The van der Waals surface area contributed by atoms with E-state index in [0.717, 1.165) is 16.9 Å². The molecule has 0 fully saturated rings. The Bertz CT molecular complexity index is 841. The van der Waals surface area contributed by atoms with Gasteiger partial charge in [-0.25, -0.2) is 9.59 Å². The number of rotatable bonds is 8. The first-order valence-corrected chi connectivity index (χ1v) is 8.66. The maximum atomic E-state index is 12.2. The first-order valence-electron chi connectivity index (χ1n) is 8.66. The summed E-state index contributed by atoms with van der Waals surface area (Å²) in [7, 11) is 4.18. The third kappa shape index (κ3) is 6.09. The molecule has 146 valence electrons. The molecule has 0 spiro atoms. The van der Waals surface area contributed by atoms with E-state index < -0.39 is 18.0 Å². The zero-order valence-corrected chi connectivity index (χ0v) is 16.1. The van der Waals surface area contributed by atoms with E-state index in [1.807, 2.05) is 42.5 Å². The molecule has 1 unspecified atom stereocenters. The summed E-state index contributed by atoms with van der Waals surface area (Å²) < 4.78 is 14.8. The summed E-state index contributed by atoms with van der Waals surface area (Å²) in [5, 5.41) is 0. The summed E-state index contributed by atoms with van der Waals surface area (Å²) in [5.41, 5.74) is 1.95. The van der Waals surface area contributed by atoms with E-state index in [4.69, 9.17) is 14.2 Å². The number of ether oxygens (including phenoxy) is 3. The Hall–Kier alpha value is -3.41. The first kappa shape index (κ1) is 20.9. The Balaban J connectivity index is 2.26. The highest BCUT2D eigenvalue weighted by molar-refractivity contribution is 5.95. The van der Waals surface area contributed by atoms with Crippen LogP contribution in [0.3, 0.4) is 0 Å². The minimum Gasteiger partial charge on any atom is -0.497 e. The number of hydrogen-bond acceptors (Lipinski definition) is 6. The van der Waals surface area contributed by atoms with Gasteiger partial charge in [0.15, 0.2) is 6.04 Å². The van der Waals surface area contributed by atoms with Crippen molar-refractivity contribution in [3.05, 3.63) is 71.3 Å². The van der Waals surface area contributed by atoms with Crippen LogP contribution in [-0.2, 0) is 19.1 Å². The van der Waals surface area contributed by atoms with Crippen molar-refractivity contribution in [1.82, 2.24) is 0 Å². The third-order valence-electron chi connectivity index (χ3n) is 3.99. The monoisotopic (exact) mass is 381 g/mol. The molecule has 0 aliphatic carbocycles. The van der Waals surface area contributed by atoms with Gasteiger partial charge in [-0.1, -0.05) is 30.3 Å². The molecule has 0 saturated heterocycles. The molecule has 6 heteroatoms. The van der Waals surface area contributed by atoms with E-state index in [9.17, 15) is 9.59 Å². The number of carbonyl (C=O) groups excluding carboxylic acids is 2. The number of hydrogen-bond donors (Lipinski definition) is 0. The molecular formula is C22H23NO5. The molecule has 0 heterocycles. The number of esters is 2. The van der Waals surface area contributed by atoms with Gasteiger partial charge < -0.3 is 14.2 Å². The molecule has 2 aromatic carbocycles. The van der Waals surface area contributed by atoms with Crippen molar-refractivity contribution in [3.8, 4) is 5.75 Å². The lowest BCUT2D eigenvalue weighted by atomic mass is 10.0. The third-order valence-corrected chi connectivity index (χ3v) is 3.99. The summed E-state index contributed by atoms with van der Waals surface area (Å²) >= 11 is 0. The Kier molecular flexibility index (Phi) is 7.96. The second kappa shape index (κ2) is 10.7. The predicted molar refractivity (Wildman–Crippen MR) is 107 cm³/mol. The molecular weight excluding hydrogens is 358 g/mol. The normalized spacial score (nSPS) is 12.5. The van der Waals surface area contributed by atoms with E-state index in [0.29, 0.717) is 5.57 Å². The van der Waals surface area contributed by atoms with Gasteiger partial charge in [-0.2, -0.15) is 0 Å². The van der Waals surface area contributed by atoms with Crippen molar-refractivity contribution in [2.45, 2.75) is 12.5 Å². The van der Waals surface area contributed by atoms with Crippen LogP contribution in [-0.4, -0.2) is 45.5 Å². The molecule has 1 atom stereocenters. The van der Waals surface area contributed by atoms with Crippen molar-refractivity contribution < 1.29 is 23.8 Å². The number of aliphatic imine (C=N–C) groups is 1. The van der Waals surface area contributed by atoms with Crippen molar-refractivity contribution in [2.24, 2.45) is 4.99 Å². The average molecular weight is 381 g/mol. The average Bonchev–Trinajstić information content (AvgIpc) is 2.75. The zero-order valence-electron chi connectivity index (χ0n) is 16.1. The largest absolute Gasteiger partial charge is 0.497 e. The van der Waals surface area contributed by atoms with E-state index in [1.54, 1.807) is 31.5 Å². The molecule has 0 aromatic heterocycles. The smallest absolute Gasteiger partial charge is 0.333 e. The summed E-state index contributed by atoms with van der Waals surface area (Å²) in [5.74, 6) is -0.328. The molecule has 0 bridgehead atoms. The summed E-state index contributed by atoms with van der Waals surface area (Å²) in [6, 6.07) is 15.7. The minimum absolute atomic E-state index is 0.0564. The fourth-order valence-corrected chi connectivity index (χ4v) is 2.49. The fraction of sp³-hybridized carbons (Fsp3) is 0.227. The highest BCUT2D eigenvalue weighted by Crippen LogP contribution is 2.17. The Labute approximate surface area is 164 Å². The van der Waals surface area contributed by atoms with Crippen LogP contribution in [0.15, 0.2) is 65.2 Å². The second-order valence-electron chi connectivity index (χ2n) is 5.87. The topological polar surface area (TPSA) is 74.2 Å². The Morgan fingerprint density at radius 1 is 0.929 bits per heavy atom. The number of nitrogens with zero attached hydrogens (tertiary/aromatic N) is 1. The van der Waals surface area contributed by atoms with Crippen LogP contribution >= 0.6 is 0 Å². The van der Waals surface area contributed by atoms with Crippen LogP contribution in [0.25, 0.3) is 6.08 Å². The molecule has 2 rings (SSSR count). The molecule has 0 radical (unpaired) electrons. The standard InChI is InChI=1S/C22H23NO5/c1-26-19-11-9-17(10-12-19)15-23-20(22(25)28-3)14-18(21(24)27-2)13-16-7-5-4-6-8-16/h4-13,15,20H,14H2,1-3H3/b18-13-,23-15?. The first-order chi connectivity index (χ1) is 13.6. The van der Waals surface area contributed by atoms with Gasteiger partial charge in [-0.05, 0) is 41.5 Å². The highest BCUT2D eigenvalue weighted by atomic mass is 16.5. The van der Waals surface area contributed by atoms with E-state index >= 15 is 0 Å². The number of methoxy groups -OCH3 is 3. The van der Waals surface area contributed by atoms with E-state index in [1.165, 1.54) is 14.2 Å². The van der Waals surface area contributed by atoms with Gasteiger partial charge in [0.1, 0.15) is 5.75 Å². The number of benzene rings is 2. The Morgan fingerprint density at radius 3 is 2.18 bits per heavy atom. The minimum atomic E-state index is -0.874. The van der Waals surface area contributed by atoms with Crippen LogP contribution < -0.4 is 4.74 Å². The maximum Gasteiger partial charge on any atom is 0.333 e. The van der Waals surface area contributed by atoms with Crippen LogP contribution in [0.5, 0.6) is 5.75 Å². The van der Waals surface area contributed by atoms with Gasteiger partial charge in [0.2, 0.25) is 0 Å². The zero-order chi connectivity index (χ0) is 20.4. The SMILES string of the molecule is COC(=O)/C(=C\c1ccccc1)CC(N=Cc1ccc(OC)cc1)C(=O)OC. The molecule has 2 aromatic rings. The van der Waals surface area contributed by atoms with E-state index in [2.05, 4.69) is 4.99 Å². The molecule has 28 heavy (non-hydrogen) atoms.